The van der Waals surface area contributed by atoms with Crippen LogP contribution in [0.25, 0.3) is 11.0 Å². The molecular weight excluding hydrogens is 309 g/mol. The monoisotopic (exact) mass is 321 g/mol. The molecule has 0 fully saturated rings. The van der Waals surface area contributed by atoms with Gasteiger partial charge in [-0.05, 0) is 35.9 Å². The molecule has 2 aromatic carbocycles. The summed E-state index contributed by atoms with van der Waals surface area (Å²) in [5.41, 5.74) is 6.22. The van der Waals surface area contributed by atoms with Crippen molar-refractivity contribution >= 4 is 26.7 Å². The molecule has 0 bridgehead atoms. The van der Waals surface area contributed by atoms with Crippen molar-refractivity contribution < 1.29 is 12.8 Å². The Labute approximate surface area is 125 Å². The molecule has 0 aliphatic rings. The summed E-state index contributed by atoms with van der Waals surface area (Å²) in [6.45, 7) is 0. The predicted molar refractivity (Wildman–Crippen MR) is 81.4 cm³/mol. The van der Waals surface area contributed by atoms with Gasteiger partial charge in [0.25, 0.3) is 0 Å². The van der Waals surface area contributed by atoms with E-state index in [-0.39, 0.29) is 5.52 Å². The molecule has 0 unspecified atom stereocenters. The van der Waals surface area contributed by atoms with Crippen LogP contribution < -0.4 is 11.4 Å². The number of aromatic nitrogens is 2. The highest BCUT2D eigenvalue weighted by Crippen LogP contribution is 2.17. The lowest BCUT2D eigenvalue weighted by Gasteiger charge is -2.06. The molecule has 0 saturated carbocycles. The van der Waals surface area contributed by atoms with E-state index in [2.05, 4.69) is 4.98 Å². The zero-order chi connectivity index (χ0) is 15.9. The number of hydrogen-bond donors (Lipinski definition) is 2. The van der Waals surface area contributed by atoms with Crippen LogP contribution in [-0.4, -0.2) is 17.4 Å². The Bertz CT molecular complexity index is 1000. The third kappa shape index (κ3) is 2.48. The molecule has 0 amide bonds. The normalized spacial score (nSPS) is 11.9. The molecule has 1 heterocycles. The second kappa shape index (κ2) is 4.99. The quantitative estimate of drug-likeness (QED) is 0.713. The van der Waals surface area contributed by atoms with Crippen LogP contribution in [0.1, 0.15) is 5.56 Å². The van der Waals surface area contributed by atoms with Gasteiger partial charge in [-0.1, -0.05) is 12.1 Å². The van der Waals surface area contributed by atoms with Gasteiger partial charge >= 0.3 is 5.69 Å². The van der Waals surface area contributed by atoms with E-state index in [4.69, 9.17) is 5.73 Å². The number of halogens is 1. The summed E-state index contributed by atoms with van der Waals surface area (Å²) in [6.07, 6.45) is 0. The Morgan fingerprint density at radius 2 is 1.82 bits per heavy atom. The number of nitrogens with one attached hydrogen (secondary N) is 1. The van der Waals surface area contributed by atoms with E-state index >= 15 is 0 Å². The minimum absolute atomic E-state index is 0.223. The lowest BCUT2D eigenvalue weighted by Crippen LogP contribution is -2.26. The first-order valence-corrected chi connectivity index (χ1v) is 7.96. The summed E-state index contributed by atoms with van der Waals surface area (Å²) >= 11 is 0. The van der Waals surface area contributed by atoms with Gasteiger partial charge in [-0.15, -0.1) is 0 Å². The molecule has 114 valence electrons. The van der Waals surface area contributed by atoms with Gasteiger partial charge in [-0.25, -0.2) is 17.6 Å². The number of hydrogen-bond acceptors (Lipinski definition) is 4. The van der Waals surface area contributed by atoms with E-state index in [9.17, 15) is 17.6 Å². The van der Waals surface area contributed by atoms with Gasteiger partial charge in [0, 0.05) is 5.69 Å². The number of nitrogen functional groups attached to an aromatic ring is 1. The van der Waals surface area contributed by atoms with Gasteiger partial charge in [-0.2, -0.15) is 3.97 Å². The highest BCUT2D eigenvalue weighted by molar-refractivity contribution is 7.89. The molecule has 0 spiro atoms. The first-order chi connectivity index (χ1) is 10.4. The summed E-state index contributed by atoms with van der Waals surface area (Å²) in [7, 11) is -3.94. The second-order valence-electron chi connectivity index (χ2n) is 4.85. The van der Waals surface area contributed by atoms with Crippen LogP contribution in [0.5, 0.6) is 0 Å². The number of anilines is 1. The van der Waals surface area contributed by atoms with Crippen LogP contribution in [0.15, 0.2) is 47.3 Å². The van der Waals surface area contributed by atoms with Crippen molar-refractivity contribution in [1.82, 2.24) is 8.96 Å². The van der Waals surface area contributed by atoms with E-state index in [1.165, 1.54) is 42.5 Å². The molecule has 0 saturated heterocycles. The molecule has 3 N–H and O–H groups in total. The summed E-state index contributed by atoms with van der Waals surface area (Å²) in [5.74, 6) is -0.870. The van der Waals surface area contributed by atoms with E-state index < -0.39 is 27.3 Å². The highest BCUT2D eigenvalue weighted by Gasteiger charge is 2.20. The molecule has 8 heteroatoms. The Hall–Kier alpha value is -2.61. The number of nitrogens with zero attached hydrogens (tertiary/aromatic N) is 1. The SMILES string of the molecule is Nc1ccc2c(c1)[nH]c(=O)n2S(=O)(=O)Cc1ccc(F)cc1. The molecule has 0 atom stereocenters. The fourth-order valence-corrected chi connectivity index (χ4v) is 3.74. The molecule has 0 radical (unpaired) electrons. The summed E-state index contributed by atoms with van der Waals surface area (Å²) in [5, 5.41) is 0. The Morgan fingerprint density at radius 1 is 1.14 bits per heavy atom. The number of benzene rings is 2. The van der Waals surface area contributed by atoms with Gasteiger partial charge in [0.15, 0.2) is 0 Å². The molecule has 3 aromatic rings. The van der Waals surface area contributed by atoms with Crippen LogP contribution in [-0.2, 0) is 15.8 Å². The summed E-state index contributed by atoms with van der Waals surface area (Å²) in [4.78, 5) is 14.4. The average molecular weight is 321 g/mol. The maximum absolute atomic E-state index is 12.9. The maximum atomic E-state index is 12.9. The Morgan fingerprint density at radius 3 is 2.50 bits per heavy atom. The van der Waals surface area contributed by atoms with Crippen LogP contribution in [0.4, 0.5) is 10.1 Å². The van der Waals surface area contributed by atoms with Crippen molar-refractivity contribution in [2.24, 2.45) is 0 Å². The smallest absolute Gasteiger partial charge is 0.340 e. The summed E-state index contributed by atoms with van der Waals surface area (Å²) < 4.78 is 38.6. The number of nitrogens with two attached hydrogens (primary N) is 1. The van der Waals surface area contributed by atoms with Crippen molar-refractivity contribution in [1.29, 1.82) is 0 Å². The third-order valence-electron chi connectivity index (χ3n) is 3.21. The van der Waals surface area contributed by atoms with Crippen molar-refractivity contribution in [3.8, 4) is 0 Å². The van der Waals surface area contributed by atoms with E-state index in [1.807, 2.05) is 0 Å². The summed E-state index contributed by atoms with van der Waals surface area (Å²) in [6, 6.07) is 9.54. The van der Waals surface area contributed by atoms with Gasteiger partial charge in [0.2, 0.25) is 10.0 Å². The number of aromatic amines is 1. The molecule has 1 aromatic heterocycles. The molecule has 3 rings (SSSR count). The van der Waals surface area contributed by atoms with Gasteiger partial charge in [0.1, 0.15) is 5.82 Å². The second-order valence-corrected chi connectivity index (χ2v) is 6.67. The largest absolute Gasteiger partial charge is 0.399 e. The van der Waals surface area contributed by atoms with Crippen LogP contribution in [0.2, 0.25) is 0 Å². The molecule has 0 aliphatic heterocycles. The number of fused-ring (bicyclic) bond motifs is 1. The van der Waals surface area contributed by atoms with Crippen molar-refractivity contribution in [3.05, 3.63) is 64.3 Å². The number of imidazole rings is 1. The van der Waals surface area contributed by atoms with E-state index in [0.717, 1.165) is 0 Å². The molecular formula is C14H12FN3O3S. The third-order valence-corrected chi connectivity index (χ3v) is 4.82. The lowest BCUT2D eigenvalue weighted by molar-refractivity contribution is 0.586. The van der Waals surface area contributed by atoms with Crippen molar-refractivity contribution in [2.45, 2.75) is 5.75 Å². The van der Waals surface area contributed by atoms with Gasteiger partial charge in [0.05, 0.1) is 16.8 Å². The van der Waals surface area contributed by atoms with Crippen LogP contribution in [0, 0.1) is 5.82 Å². The van der Waals surface area contributed by atoms with E-state index in [0.29, 0.717) is 20.7 Å². The first-order valence-electron chi connectivity index (χ1n) is 6.35. The first kappa shape index (κ1) is 14.3. The minimum Gasteiger partial charge on any atom is -0.399 e. The zero-order valence-corrected chi connectivity index (χ0v) is 12.1. The van der Waals surface area contributed by atoms with Gasteiger partial charge in [-0.3, -0.25) is 0 Å². The lowest BCUT2D eigenvalue weighted by atomic mass is 10.2. The van der Waals surface area contributed by atoms with Crippen molar-refractivity contribution in [3.63, 3.8) is 0 Å². The van der Waals surface area contributed by atoms with E-state index in [1.54, 1.807) is 0 Å². The number of H-pyrrole nitrogens is 1. The van der Waals surface area contributed by atoms with Crippen molar-refractivity contribution in [2.75, 3.05) is 5.73 Å². The highest BCUT2D eigenvalue weighted by atomic mass is 32.2. The Balaban J connectivity index is 2.11. The topological polar surface area (TPSA) is 97.9 Å². The maximum Gasteiger partial charge on any atom is 0.340 e. The molecule has 6 nitrogen and oxygen atoms in total. The predicted octanol–water partition coefficient (Wildman–Crippen LogP) is 1.43. The fourth-order valence-electron chi connectivity index (χ4n) is 2.24. The molecule has 22 heavy (non-hydrogen) atoms. The average Bonchev–Trinajstić information content (AvgIpc) is 2.77. The zero-order valence-electron chi connectivity index (χ0n) is 11.3. The number of rotatable bonds is 3. The van der Waals surface area contributed by atoms with Crippen LogP contribution >= 0.6 is 0 Å². The standard InChI is InChI=1S/C14H12FN3O3S/c15-10-3-1-9(2-4-10)8-22(20,21)18-13-6-5-11(16)7-12(13)17-14(18)19/h1-7H,8,16H2,(H,17,19). The Kier molecular flexibility index (Phi) is 3.25. The fraction of sp³-hybridized carbons (Fsp3) is 0.0714. The van der Waals surface area contributed by atoms with Crippen LogP contribution in [0.3, 0.4) is 0 Å². The minimum atomic E-state index is -3.94. The molecule has 0 aliphatic carbocycles. The van der Waals surface area contributed by atoms with Gasteiger partial charge < -0.3 is 10.7 Å².